The molecular formula is C22H20ClFN6O. The van der Waals surface area contributed by atoms with Gasteiger partial charge in [-0.15, -0.1) is 0 Å². The summed E-state index contributed by atoms with van der Waals surface area (Å²) in [7, 11) is 0. The van der Waals surface area contributed by atoms with Gasteiger partial charge in [-0.2, -0.15) is 0 Å². The average Bonchev–Trinajstić information content (AvgIpc) is 3.05. The molecule has 4 heterocycles. The largest absolute Gasteiger partial charge is 0.352 e. The third-order valence-electron chi connectivity index (χ3n) is 5.91. The number of piperazine rings is 1. The summed E-state index contributed by atoms with van der Waals surface area (Å²) in [6.45, 7) is 5.03. The predicted octanol–water partition coefficient (Wildman–Crippen LogP) is 3.93. The highest BCUT2D eigenvalue weighted by Gasteiger charge is 2.42. The first-order valence-electron chi connectivity index (χ1n) is 10.1. The topological polar surface area (TPSA) is 74.2 Å². The van der Waals surface area contributed by atoms with Crippen molar-refractivity contribution < 1.29 is 9.18 Å². The van der Waals surface area contributed by atoms with Crippen molar-refractivity contribution >= 4 is 45.9 Å². The Bertz CT molecular complexity index is 1170. The van der Waals surface area contributed by atoms with Crippen LogP contribution in [0.3, 0.4) is 0 Å². The molecule has 0 spiro atoms. The summed E-state index contributed by atoms with van der Waals surface area (Å²) in [4.78, 5) is 29.7. The molecule has 5 rings (SSSR count). The molecule has 0 aliphatic carbocycles. The Morgan fingerprint density at radius 2 is 1.97 bits per heavy atom. The van der Waals surface area contributed by atoms with Gasteiger partial charge in [-0.3, -0.25) is 4.79 Å². The fourth-order valence-electron chi connectivity index (χ4n) is 4.48. The zero-order valence-corrected chi connectivity index (χ0v) is 17.4. The maximum atomic E-state index is 14.4. The minimum Gasteiger partial charge on any atom is -0.352 e. The number of anilines is 3. The number of rotatable bonds is 4. The zero-order valence-electron chi connectivity index (χ0n) is 16.6. The number of hydrogen-bond donors (Lipinski definition) is 1. The first kappa shape index (κ1) is 19.7. The second-order valence-corrected chi connectivity index (χ2v) is 8.13. The maximum Gasteiger partial charge on any atom is 0.246 e. The molecule has 2 bridgehead atoms. The van der Waals surface area contributed by atoms with Crippen LogP contribution in [0, 0.1) is 5.82 Å². The van der Waals surface area contributed by atoms with E-state index >= 15 is 0 Å². The molecule has 3 aromatic rings. The standard InChI is InChI=1S/C22H20ClFN6O/c1-2-19(31)30-13-6-7-14(30)11-29(10-13)18-9-8-17-21(28-18)22(26-12-25-17)27-16-5-3-4-15(23)20(16)24/h2-5,8-9,12-14H,1,6-7,10-11H2,(H,25,26,27). The lowest BCUT2D eigenvalue weighted by atomic mass is 10.1. The highest BCUT2D eigenvalue weighted by Crippen LogP contribution is 2.33. The molecule has 2 fully saturated rings. The van der Waals surface area contributed by atoms with Gasteiger partial charge < -0.3 is 15.1 Å². The van der Waals surface area contributed by atoms with Crippen LogP contribution in [0.25, 0.3) is 11.0 Å². The molecular weight excluding hydrogens is 419 g/mol. The number of halogens is 2. The van der Waals surface area contributed by atoms with E-state index in [0.717, 1.165) is 18.7 Å². The van der Waals surface area contributed by atoms with Crippen LogP contribution in [-0.4, -0.2) is 50.9 Å². The van der Waals surface area contributed by atoms with Crippen LogP contribution in [0.4, 0.5) is 21.7 Å². The number of hydrogen-bond acceptors (Lipinski definition) is 6. The van der Waals surface area contributed by atoms with Gasteiger partial charge in [0.05, 0.1) is 16.2 Å². The van der Waals surface area contributed by atoms with Crippen molar-refractivity contribution in [3.8, 4) is 0 Å². The lowest BCUT2D eigenvalue weighted by Crippen LogP contribution is -2.55. The molecule has 1 amide bonds. The molecule has 0 radical (unpaired) electrons. The number of nitrogens with zero attached hydrogens (tertiary/aromatic N) is 5. The van der Waals surface area contributed by atoms with E-state index in [0.29, 0.717) is 29.9 Å². The van der Waals surface area contributed by atoms with E-state index in [-0.39, 0.29) is 28.7 Å². The summed E-state index contributed by atoms with van der Waals surface area (Å²) in [5, 5.41) is 3.02. The molecule has 2 aliphatic heterocycles. The number of carbonyl (C=O) groups excluding carboxylic acids is 1. The Labute approximate surface area is 183 Å². The van der Waals surface area contributed by atoms with Crippen LogP contribution in [0.5, 0.6) is 0 Å². The maximum absolute atomic E-state index is 14.4. The molecule has 158 valence electrons. The molecule has 2 aromatic heterocycles. The van der Waals surface area contributed by atoms with Crippen LogP contribution < -0.4 is 10.2 Å². The van der Waals surface area contributed by atoms with E-state index in [4.69, 9.17) is 16.6 Å². The van der Waals surface area contributed by atoms with Crippen LogP contribution in [0.1, 0.15) is 12.8 Å². The Morgan fingerprint density at radius 1 is 1.19 bits per heavy atom. The van der Waals surface area contributed by atoms with Crippen molar-refractivity contribution in [1.82, 2.24) is 19.9 Å². The molecule has 1 N–H and O–H groups in total. The molecule has 2 saturated heterocycles. The molecule has 7 nitrogen and oxygen atoms in total. The Balaban J connectivity index is 1.47. The zero-order chi connectivity index (χ0) is 21.5. The normalized spacial score (nSPS) is 20.2. The van der Waals surface area contributed by atoms with Gasteiger partial charge in [0, 0.05) is 25.2 Å². The predicted molar refractivity (Wildman–Crippen MR) is 118 cm³/mol. The summed E-state index contributed by atoms with van der Waals surface area (Å²) in [5.41, 5.74) is 1.40. The van der Waals surface area contributed by atoms with Crippen LogP contribution in [-0.2, 0) is 4.79 Å². The SMILES string of the molecule is C=CC(=O)N1C2CCC1CN(c1ccc3ncnc(Nc4cccc(Cl)c4F)c3n1)C2. The second kappa shape index (κ2) is 7.77. The number of amides is 1. The first-order chi connectivity index (χ1) is 15.0. The second-order valence-electron chi connectivity index (χ2n) is 7.73. The molecule has 31 heavy (non-hydrogen) atoms. The number of nitrogens with one attached hydrogen (secondary N) is 1. The van der Waals surface area contributed by atoms with E-state index in [1.807, 2.05) is 17.0 Å². The minimum absolute atomic E-state index is 0.0120. The molecule has 2 atom stereocenters. The summed E-state index contributed by atoms with van der Waals surface area (Å²) in [5.74, 6) is 0.615. The summed E-state index contributed by atoms with van der Waals surface area (Å²) in [6.07, 6.45) is 4.74. The van der Waals surface area contributed by atoms with E-state index in [1.165, 1.54) is 18.5 Å². The van der Waals surface area contributed by atoms with Crippen LogP contribution >= 0.6 is 11.6 Å². The highest BCUT2D eigenvalue weighted by atomic mass is 35.5. The Morgan fingerprint density at radius 3 is 2.71 bits per heavy atom. The van der Waals surface area contributed by atoms with E-state index in [1.54, 1.807) is 12.1 Å². The minimum atomic E-state index is -0.549. The number of carbonyl (C=O) groups is 1. The Kier molecular flexibility index (Phi) is 4.94. The van der Waals surface area contributed by atoms with Gasteiger partial charge in [0.15, 0.2) is 11.6 Å². The monoisotopic (exact) mass is 438 g/mol. The van der Waals surface area contributed by atoms with Gasteiger partial charge in [-0.1, -0.05) is 24.2 Å². The summed E-state index contributed by atoms with van der Waals surface area (Å²) >= 11 is 5.90. The summed E-state index contributed by atoms with van der Waals surface area (Å²) in [6, 6.07) is 8.83. The van der Waals surface area contributed by atoms with Crippen molar-refractivity contribution in [3.05, 3.63) is 60.2 Å². The average molecular weight is 439 g/mol. The number of fused-ring (bicyclic) bond motifs is 3. The molecule has 2 unspecified atom stereocenters. The van der Waals surface area contributed by atoms with Crippen molar-refractivity contribution in [2.24, 2.45) is 0 Å². The van der Waals surface area contributed by atoms with Crippen molar-refractivity contribution in [2.75, 3.05) is 23.3 Å². The van der Waals surface area contributed by atoms with Gasteiger partial charge in [-0.05, 0) is 43.2 Å². The molecule has 1 aromatic carbocycles. The summed E-state index contributed by atoms with van der Waals surface area (Å²) < 4.78 is 14.4. The molecule has 2 aliphatic rings. The third kappa shape index (κ3) is 3.46. The van der Waals surface area contributed by atoms with Crippen molar-refractivity contribution in [3.63, 3.8) is 0 Å². The van der Waals surface area contributed by atoms with E-state index in [9.17, 15) is 9.18 Å². The smallest absolute Gasteiger partial charge is 0.246 e. The van der Waals surface area contributed by atoms with Gasteiger partial charge in [0.2, 0.25) is 5.91 Å². The fourth-order valence-corrected chi connectivity index (χ4v) is 4.66. The third-order valence-corrected chi connectivity index (χ3v) is 6.20. The quantitative estimate of drug-likeness (QED) is 0.622. The lowest BCUT2D eigenvalue weighted by Gasteiger charge is -2.41. The van der Waals surface area contributed by atoms with E-state index < -0.39 is 5.82 Å². The van der Waals surface area contributed by atoms with Crippen LogP contribution in [0.15, 0.2) is 49.3 Å². The van der Waals surface area contributed by atoms with Gasteiger partial charge in [0.1, 0.15) is 17.7 Å². The Hall–Kier alpha value is -3.26. The number of aromatic nitrogens is 3. The van der Waals surface area contributed by atoms with Gasteiger partial charge >= 0.3 is 0 Å². The fraction of sp³-hybridized carbons (Fsp3) is 0.273. The highest BCUT2D eigenvalue weighted by molar-refractivity contribution is 6.31. The van der Waals surface area contributed by atoms with Crippen molar-refractivity contribution in [2.45, 2.75) is 24.9 Å². The van der Waals surface area contributed by atoms with Gasteiger partial charge in [0.25, 0.3) is 0 Å². The number of pyridine rings is 1. The van der Waals surface area contributed by atoms with Gasteiger partial charge in [-0.25, -0.2) is 19.3 Å². The first-order valence-corrected chi connectivity index (χ1v) is 10.5. The lowest BCUT2D eigenvalue weighted by molar-refractivity contribution is -0.129. The van der Waals surface area contributed by atoms with Crippen molar-refractivity contribution in [1.29, 1.82) is 0 Å². The van der Waals surface area contributed by atoms with Crippen LogP contribution in [0.2, 0.25) is 5.02 Å². The molecule has 9 heteroatoms. The number of benzene rings is 1. The van der Waals surface area contributed by atoms with E-state index in [2.05, 4.69) is 26.8 Å². The molecule has 0 saturated carbocycles.